The van der Waals surface area contributed by atoms with Crippen molar-refractivity contribution in [1.29, 1.82) is 0 Å². The summed E-state index contributed by atoms with van der Waals surface area (Å²) >= 11 is 5.64. The number of benzene rings is 2. The van der Waals surface area contributed by atoms with Crippen LogP contribution in [0.5, 0.6) is 11.5 Å². The first-order chi connectivity index (χ1) is 15.2. The molecule has 0 saturated carbocycles. The molecule has 32 heavy (non-hydrogen) atoms. The lowest BCUT2D eigenvalue weighted by Crippen LogP contribution is -2.28. The number of methoxy groups -OCH3 is 2. The molecule has 0 radical (unpaired) electrons. The monoisotopic (exact) mass is 464 g/mol. The summed E-state index contributed by atoms with van der Waals surface area (Å²) in [5.74, 6) is 0.0676. The van der Waals surface area contributed by atoms with Crippen LogP contribution in [-0.4, -0.2) is 38.4 Å². The van der Waals surface area contributed by atoms with E-state index in [4.69, 9.17) is 21.1 Å². The van der Waals surface area contributed by atoms with Crippen molar-refractivity contribution < 1.29 is 28.5 Å². The highest BCUT2D eigenvalue weighted by atomic mass is 35.5. The summed E-state index contributed by atoms with van der Waals surface area (Å²) in [6.07, 6.45) is 0.562. The molecule has 0 amide bonds. The predicted octanol–water partition coefficient (Wildman–Crippen LogP) is 5.19. The van der Waals surface area contributed by atoms with Crippen molar-refractivity contribution in [2.75, 3.05) is 14.2 Å². The van der Waals surface area contributed by atoms with E-state index in [0.29, 0.717) is 5.88 Å². The predicted molar refractivity (Wildman–Crippen MR) is 125 cm³/mol. The first-order valence-corrected chi connectivity index (χ1v) is 11.0. The number of hydrogen-bond donors (Lipinski definition) is 0. The molecule has 0 aliphatic rings. The molecule has 0 aromatic heterocycles. The van der Waals surface area contributed by atoms with E-state index in [9.17, 15) is 9.59 Å². The molecule has 0 unspecified atom stereocenters. The van der Waals surface area contributed by atoms with E-state index in [-0.39, 0.29) is 18.6 Å². The fourth-order valence-corrected chi connectivity index (χ4v) is 2.87. The Labute approximate surface area is 195 Å². The van der Waals surface area contributed by atoms with Gasteiger partial charge >= 0.3 is 11.9 Å². The van der Waals surface area contributed by atoms with Crippen LogP contribution in [-0.2, 0) is 31.4 Å². The molecule has 2 aromatic rings. The third-order valence-corrected chi connectivity index (χ3v) is 4.46. The molecule has 0 atom stereocenters. The Kier molecular flexibility index (Phi) is 12.2. The van der Waals surface area contributed by atoms with Gasteiger partial charge in [0.15, 0.2) is 5.92 Å². The minimum Gasteiger partial charge on any atom is -0.491 e. The van der Waals surface area contributed by atoms with Crippen LogP contribution in [0.1, 0.15) is 38.8 Å². The van der Waals surface area contributed by atoms with Gasteiger partial charge in [0.1, 0.15) is 11.5 Å². The zero-order chi connectivity index (χ0) is 24.1. The van der Waals surface area contributed by atoms with Crippen LogP contribution in [0.3, 0.4) is 0 Å². The summed E-state index contributed by atoms with van der Waals surface area (Å²) in [5.41, 5.74) is 1.95. The molecule has 0 spiro atoms. The number of carbonyl (C=O) groups excluding carboxylic acids is 2. The molecule has 7 heteroatoms. The van der Waals surface area contributed by atoms with Gasteiger partial charge in [0.2, 0.25) is 0 Å². The van der Waals surface area contributed by atoms with Crippen molar-refractivity contribution in [3.05, 3.63) is 59.7 Å². The van der Waals surface area contributed by atoms with Crippen LogP contribution in [0.25, 0.3) is 0 Å². The van der Waals surface area contributed by atoms with Crippen molar-refractivity contribution in [2.24, 2.45) is 5.92 Å². The van der Waals surface area contributed by atoms with Crippen LogP contribution in [0, 0.1) is 5.92 Å². The number of ether oxygens (including phenoxy) is 4. The third-order valence-electron chi connectivity index (χ3n) is 4.16. The van der Waals surface area contributed by atoms with E-state index in [1.165, 1.54) is 14.2 Å². The minimum absolute atomic E-state index is 0.0961. The molecule has 2 rings (SSSR count). The zero-order valence-corrected chi connectivity index (χ0v) is 20.3. The number of hydrogen-bond acceptors (Lipinski definition) is 6. The number of halogens is 1. The lowest BCUT2D eigenvalue weighted by molar-refractivity contribution is -0.158. The van der Waals surface area contributed by atoms with Crippen LogP contribution in [0.15, 0.2) is 48.5 Å². The number of rotatable bonds is 9. The van der Waals surface area contributed by atoms with Crippen LogP contribution in [0.2, 0.25) is 0 Å². The van der Waals surface area contributed by atoms with Crippen molar-refractivity contribution in [2.45, 2.75) is 52.2 Å². The summed E-state index contributed by atoms with van der Waals surface area (Å²) < 4.78 is 20.2. The molecular weight excluding hydrogens is 432 g/mol. The summed E-state index contributed by atoms with van der Waals surface area (Å²) in [6, 6.07) is 15.1. The zero-order valence-electron chi connectivity index (χ0n) is 19.6. The first kappa shape index (κ1) is 27.3. The fraction of sp³-hybridized carbons (Fsp3) is 0.440. The van der Waals surface area contributed by atoms with E-state index < -0.39 is 17.9 Å². The smallest absolute Gasteiger partial charge is 0.320 e. The van der Waals surface area contributed by atoms with E-state index in [1.54, 1.807) is 12.1 Å². The van der Waals surface area contributed by atoms with Gasteiger partial charge in [0, 0.05) is 5.88 Å². The Bertz CT molecular complexity index is 799. The van der Waals surface area contributed by atoms with Gasteiger partial charge in [-0.15, -0.1) is 11.6 Å². The molecule has 0 N–H and O–H groups in total. The molecular formula is C25H33ClO6. The SMILES string of the molecule is CC(C)Oc1ccc(CCl)cc1.COC(=O)C(Cc1ccc(OC(C)C)cc1)C(=O)OC. The Morgan fingerprint density at radius 1 is 0.719 bits per heavy atom. The van der Waals surface area contributed by atoms with Crippen LogP contribution >= 0.6 is 11.6 Å². The Morgan fingerprint density at radius 3 is 1.41 bits per heavy atom. The van der Waals surface area contributed by atoms with E-state index in [1.807, 2.05) is 64.1 Å². The highest BCUT2D eigenvalue weighted by molar-refractivity contribution is 6.17. The minimum atomic E-state index is -0.943. The second-order valence-electron chi connectivity index (χ2n) is 7.56. The molecule has 0 saturated heterocycles. The second-order valence-corrected chi connectivity index (χ2v) is 7.83. The van der Waals surface area contributed by atoms with Gasteiger partial charge in [0.25, 0.3) is 0 Å². The second kappa shape index (κ2) is 14.4. The maximum atomic E-state index is 11.6. The largest absolute Gasteiger partial charge is 0.491 e. The van der Waals surface area contributed by atoms with Crippen LogP contribution < -0.4 is 9.47 Å². The van der Waals surface area contributed by atoms with Crippen molar-refractivity contribution in [3.63, 3.8) is 0 Å². The summed E-state index contributed by atoms with van der Waals surface area (Å²) in [4.78, 5) is 23.2. The van der Waals surface area contributed by atoms with Crippen molar-refractivity contribution >= 4 is 23.5 Å². The lowest BCUT2D eigenvalue weighted by Gasteiger charge is -2.13. The quantitative estimate of drug-likeness (QED) is 0.289. The summed E-state index contributed by atoms with van der Waals surface area (Å²) in [5, 5.41) is 0. The molecule has 0 heterocycles. The standard InChI is InChI=1S/C15H20O5.C10H13ClO/c1-10(2)20-12-7-5-11(6-8-12)9-13(14(16)18-3)15(17)19-4;1-8(2)12-10-5-3-9(7-11)4-6-10/h5-8,10,13H,9H2,1-4H3;3-6,8H,7H2,1-2H3. The maximum Gasteiger partial charge on any atom is 0.320 e. The molecule has 176 valence electrons. The Balaban J connectivity index is 0.000000363. The van der Waals surface area contributed by atoms with Gasteiger partial charge in [-0.1, -0.05) is 24.3 Å². The van der Waals surface area contributed by atoms with Gasteiger partial charge < -0.3 is 18.9 Å². The number of carbonyl (C=O) groups is 2. The molecule has 6 nitrogen and oxygen atoms in total. The molecule has 2 aromatic carbocycles. The highest BCUT2D eigenvalue weighted by Gasteiger charge is 2.28. The van der Waals surface area contributed by atoms with Crippen LogP contribution in [0.4, 0.5) is 0 Å². The van der Waals surface area contributed by atoms with E-state index in [2.05, 4.69) is 9.47 Å². The summed E-state index contributed by atoms with van der Waals surface area (Å²) in [7, 11) is 2.50. The van der Waals surface area contributed by atoms with Gasteiger partial charge in [0.05, 0.1) is 26.4 Å². The Morgan fingerprint density at radius 2 is 1.09 bits per heavy atom. The van der Waals surface area contributed by atoms with Crippen molar-refractivity contribution in [3.8, 4) is 11.5 Å². The average Bonchev–Trinajstić information content (AvgIpc) is 2.77. The molecule has 0 aliphatic heterocycles. The van der Waals surface area contributed by atoms with Gasteiger partial charge in [-0.25, -0.2) is 0 Å². The first-order valence-electron chi connectivity index (χ1n) is 10.4. The average molecular weight is 465 g/mol. The lowest BCUT2D eigenvalue weighted by atomic mass is 9.99. The highest BCUT2D eigenvalue weighted by Crippen LogP contribution is 2.18. The topological polar surface area (TPSA) is 71.1 Å². The fourth-order valence-electron chi connectivity index (χ4n) is 2.69. The molecule has 0 bridgehead atoms. The maximum absolute atomic E-state index is 11.6. The van der Waals surface area contributed by atoms with Crippen molar-refractivity contribution in [1.82, 2.24) is 0 Å². The van der Waals surface area contributed by atoms with Gasteiger partial charge in [-0.3, -0.25) is 9.59 Å². The van der Waals surface area contributed by atoms with Gasteiger partial charge in [-0.2, -0.15) is 0 Å². The number of esters is 2. The normalized spacial score (nSPS) is 10.4. The number of alkyl halides is 1. The van der Waals surface area contributed by atoms with E-state index >= 15 is 0 Å². The van der Waals surface area contributed by atoms with Gasteiger partial charge in [-0.05, 0) is 69.5 Å². The third kappa shape index (κ3) is 10.1. The van der Waals surface area contributed by atoms with E-state index in [0.717, 1.165) is 22.6 Å². The Hall–Kier alpha value is -2.73. The summed E-state index contributed by atoms with van der Waals surface area (Å²) in [6.45, 7) is 7.90. The molecule has 0 fully saturated rings. The molecule has 0 aliphatic carbocycles.